The molecule has 2 heterocycles. The van der Waals surface area contributed by atoms with Crippen LogP contribution in [0.1, 0.15) is 41.0 Å². The van der Waals surface area contributed by atoms with Crippen LogP contribution in [-0.2, 0) is 38.0 Å². The maximum absolute atomic E-state index is 11.9. The summed E-state index contributed by atoms with van der Waals surface area (Å²) in [7, 11) is 0. The zero-order chi connectivity index (χ0) is 19.5. The topological polar surface area (TPSA) is 89.5 Å². The van der Waals surface area contributed by atoms with E-state index in [2.05, 4.69) is 6.58 Å². The minimum absolute atomic E-state index is 0.0155. The lowest BCUT2D eigenvalue weighted by Crippen LogP contribution is -2.40. The van der Waals surface area contributed by atoms with Crippen molar-refractivity contribution in [2.24, 2.45) is 0 Å². The van der Waals surface area contributed by atoms with Crippen molar-refractivity contribution in [2.45, 2.75) is 70.9 Å². The first-order chi connectivity index (χ1) is 12.0. The van der Waals surface area contributed by atoms with E-state index in [1.165, 1.54) is 6.92 Å². The molecular formula is C18H28O8. The lowest BCUT2D eigenvalue weighted by atomic mass is 10.1. The van der Waals surface area contributed by atoms with Gasteiger partial charge in [-0.05, 0) is 34.6 Å². The van der Waals surface area contributed by atoms with Crippen molar-refractivity contribution in [2.75, 3.05) is 19.8 Å². The highest BCUT2D eigenvalue weighted by Gasteiger charge is 2.50. The number of hydrogen-bond acceptors (Lipinski definition) is 8. The smallest absolute Gasteiger partial charge is 0.333 e. The molecule has 26 heavy (non-hydrogen) atoms. The Kier molecular flexibility index (Phi) is 6.44. The number of carbonyl (C=O) groups is 2. The number of esters is 2. The van der Waals surface area contributed by atoms with Crippen molar-refractivity contribution in [1.29, 1.82) is 0 Å². The third-order valence-electron chi connectivity index (χ3n) is 3.91. The van der Waals surface area contributed by atoms with E-state index >= 15 is 0 Å². The molecule has 3 atom stereocenters. The summed E-state index contributed by atoms with van der Waals surface area (Å²) >= 11 is 0. The number of ether oxygens (including phenoxy) is 6. The molecule has 2 saturated heterocycles. The second-order valence-electron chi connectivity index (χ2n) is 7.35. The van der Waals surface area contributed by atoms with Crippen LogP contribution in [0, 0.1) is 0 Å². The molecule has 0 aromatic rings. The maximum atomic E-state index is 11.9. The molecule has 0 aromatic carbocycles. The van der Waals surface area contributed by atoms with Crippen LogP contribution in [0.4, 0.5) is 0 Å². The van der Waals surface area contributed by atoms with E-state index in [0.29, 0.717) is 6.61 Å². The van der Waals surface area contributed by atoms with Gasteiger partial charge in [-0.15, -0.1) is 0 Å². The van der Waals surface area contributed by atoms with Gasteiger partial charge in [0, 0.05) is 5.57 Å². The fourth-order valence-electron chi connectivity index (χ4n) is 2.78. The largest absolute Gasteiger partial charge is 0.463 e. The van der Waals surface area contributed by atoms with Crippen LogP contribution in [-0.4, -0.2) is 61.6 Å². The first-order valence-electron chi connectivity index (χ1n) is 8.65. The highest BCUT2D eigenvalue weighted by molar-refractivity contribution is 5.87. The molecule has 0 saturated carbocycles. The Hall–Kier alpha value is -1.48. The molecule has 8 nitrogen and oxygen atoms in total. The molecule has 3 unspecified atom stereocenters. The number of carbonyl (C=O) groups excluding carboxylic acids is 2. The van der Waals surface area contributed by atoms with Crippen molar-refractivity contribution >= 4 is 11.9 Å². The predicted octanol–water partition coefficient (Wildman–Crippen LogP) is 1.71. The maximum Gasteiger partial charge on any atom is 0.333 e. The average Bonchev–Trinajstić information content (AvgIpc) is 3.03. The van der Waals surface area contributed by atoms with Gasteiger partial charge in [0.15, 0.2) is 11.6 Å². The summed E-state index contributed by atoms with van der Waals surface area (Å²) in [4.78, 5) is 23.1. The molecule has 0 aliphatic carbocycles. The fraction of sp³-hybridized carbons (Fsp3) is 0.778. The molecule has 2 aliphatic heterocycles. The van der Waals surface area contributed by atoms with E-state index in [1.54, 1.807) is 13.8 Å². The first-order valence-corrected chi connectivity index (χ1v) is 8.65. The average molecular weight is 372 g/mol. The van der Waals surface area contributed by atoms with E-state index in [4.69, 9.17) is 28.4 Å². The number of hydrogen-bond donors (Lipinski definition) is 0. The van der Waals surface area contributed by atoms with Gasteiger partial charge in [0.1, 0.15) is 31.5 Å². The molecular weight excluding hydrogens is 344 g/mol. The van der Waals surface area contributed by atoms with Gasteiger partial charge in [-0.1, -0.05) is 6.58 Å². The summed E-state index contributed by atoms with van der Waals surface area (Å²) in [6.45, 7) is 12.6. The Morgan fingerprint density at radius 1 is 1.08 bits per heavy atom. The van der Waals surface area contributed by atoms with E-state index in [1.807, 2.05) is 13.8 Å². The van der Waals surface area contributed by atoms with Crippen LogP contribution in [0.2, 0.25) is 0 Å². The van der Waals surface area contributed by atoms with E-state index in [-0.39, 0.29) is 31.3 Å². The van der Waals surface area contributed by atoms with Gasteiger partial charge < -0.3 is 28.4 Å². The third kappa shape index (κ3) is 5.77. The Bertz CT molecular complexity index is 553. The molecule has 0 radical (unpaired) electrons. The van der Waals surface area contributed by atoms with E-state index in [0.717, 1.165) is 0 Å². The zero-order valence-corrected chi connectivity index (χ0v) is 16.0. The minimum Gasteiger partial charge on any atom is -0.463 e. The molecule has 0 bridgehead atoms. The van der Waals surface area contributed by atoms with Crippen LogP contribution in [0.3, 0.4) is 0 Å². The quantitative estimate of drug-likeness (QED) is 0.493. The van der Waals surface area contributed by atoms with Crippen molar-refractivity contribution in [3.05, 3.63) is 12.2 Å². The second kappa shape index (κ2) is 8.04. The van der Waals surface area contributed by atoms with Crippen molar-refractivity contribution < 1.29 is 38.0 Å². The van der Waals surface area contributed by atoms with Gasteiger partial charge >= 0.3 is 11.9 Å². The Morgan fingerprint density at radius 2 is 1.77 bits per heavy atom. The zero-order valence-electron chi connectivity index (χ0n) is 16.0. The third-order valence-corrected chi connectivity index (χ3v) is 3.91. The van der Waals surface area contributed by atoms with Crippen LogP contribution in [0.15, 0.2) is 12.2 Å². The Balaban J connectivity index is 1.81. The second-order valence-corrected chi connectivity index (χ2v) is 7.35. The fourth-order valence-corrected chi connectivity index (χ4v) is 2.78. The summed E-state index contributed by atoms with van der Waals surface area (Å²) in [5.41, 5.74) is 0.279. The van der Waals surface area contributed by atoms with E-state index in [9.17, 15) is 9.59 Å². The van der Waals surface area contributed by atoms with E-state index < -0.39 is 35.7 Å². The van der Waals surface area contributed by atoms with Crippen LogP contribution >= 0.6 is 0 Å². The molecule has 0 amide bonds. The van der Waals surface area contributed by atoms with Gasteiger partial charge in [-0.3, -0.25) is 4.79 Å². The van der Waals surface area contributed by atoms with Gasteiger partial charge in [0.25, 0.3) is 0 Å². The summed E-state index contributed by atoms with van der Waals surface area (Å²) < 4.78 is 33.3. The first kappa shape index (κ1) is 20.8. The molecule has 0 spiro atoms. The molecule has 2 fully saturated rings. The van der Waals surface area contributed by atoms with Gasteiger partial charge in [-0.25, -0.2) is 4.79 Å². The van der Waals surface area contributed by atoms with Crippen molar-refractivity contribution in [3.8, 4) is 0 Å². The summed E-state index contributed by atoms with van der Waals surface area (Å²) in [5, 5.41) is 0. The van der Waals surface area contributed by atoms with Crippen molar-refractivity contribution in [3.63, 3.8) is 0 Å². The van der Waals surface area contributed by atoms with Gasteiger partial charge in [0.05, 0.1) is 13.0 Å². The van der Waals surface area contributed by atoms with Crippen molar-refractivity contribution in [1.82, 2.24) is 0 Å². The molecule has 2 rings (SSSR count). The highest BCUT2D eigenvalue weighted by Crippen LogP contribution is 2.35. The van der Waals surface area contributed by atoms with Crippen LogP contribution in [0.25, 0.3) is 0 Å². The predicted molar refractivity (Wildman–Crippen MR) is 90.1 cm³/mol. The standard InChI is InChI=1S/C18H28O8/c1-11(2)16(20)21-8-7-14(19)22-9-12-15(26-18(5,6)25-12)13-10-23-17(3,4)24-13/h12-13,15H,1,7-10H2,2-6H3. The molecule has 0 aromatic heterocycles. The SMILES string of the molecule is C=C(C)C(=O)OCCC(=O)OCC1OC(C)(C)OC1C1COC(C)(C)O1. The lowest BCUT2D eigenvalue weighted by Gasteiger charge is -2.23. The summed E-state index contributed by atoms with van der Waals surface area (Å²) in [6.07, 6.45) is -1.25. The molecule has 8 heteroatoms. The highest BCUT2D eigenvalue weighted by atomic mass is 16.8. The lowest BCUT2D eigenvalue weighted by molar-refractivity contribution is -0.175. The molecule has 0 N–H and O–H groups in total. The summed E-state index contributed by atoms with van der Waals surface area (Å²) in [5.74, 6) is -2.52. The monoisotopic (exact) mass is 372 g/mol. The summed E-state index contributed by atoms with van der Waals surface area (Å²) in [6, 6.07) is 0. The van der Waals surface area contributed by atoms with Gasteiger partial charge in [0.2, 0.25) is 0 Å². The number of rotatable bonds is 7. The van der Waals surface area contributed by atoms with Gasteiger partial charge in [-0.2, -0.15) is 0 Å². The Labute approximate surface area is 153 Å². The minimum atomic E-state index is -0.811. The molecule has 2 aliphatic rings. The molecule has 148 valence electrons. The normalized spacial score (nSPS) is 29.3. The Morgan fingerprint density at radius 3 is 2.35 bits per heavy atom. The van der Waals surface area contributed by atoms with Crippen LogP contribution < -0.4 is 0 Å². The van der Waals surface area contributed by atoms with Crippen LogP contribution in [0.5, 0.6) is 0 Å².